The molecule has 0 aliphatic heterocycles. The van der Waals surface area contributed by atoms with E-state index >= 15 is 0 Å². The fourth-order valence-electron chi connectivity index (χ4n) is 1.06. The quantitative estimate of drug-likeness (QED) is 0.358. The van der Waals surface area contributed by atoms with Gasteiger partial charge in [-0.15, -0.1) is 0 Å². The zero-order valence-electron chi connectivity index (χ0n) is 7.58. The van der Waals surface area contributed by atoms with Crippen molar-refractivity contribution in [1.82, 2.24) is 0 Å². The molecule has 0 spiro atoms. The Morgan fingerprint density at radius 1 is 1.07 bits per heavy atom. The van der Waals surface area contributed by atoms with Crippen LogP contribution in [0.4, 0.5) is 0 Å². The summed E-state index contributed by atoms with van der Waals surface area (Å²) < 4.78 is 0. The fourth-order valence-corrected chi connectivity index (χ4v) is 1.06. The van der Waals surface area contributed by atoms with E-state index in [0.29, 0.717) is 0 Å². The number of rotatable bonds is 5. The summed E-state index contributed by atoms with van der Waals surface area (Å²) in [5, 5.41) is 30.7. The van der Waals surface area contributed by atoms with Gasteiger partial charge in [-0.3, -0.25) is 30.3 Å². The van der Waals surface area contributed by atoms with Crippen molar-refractivity contribution < 1.29 is 14.8 Å². The Morgan fingerprint density at radius 2 is 1.43 bits per heavy atom. The topological polar surface area (TPSA) is 129 Å². The lowest BCUT2D eigenvalue weighted by atomic mass is 9.90. The monoisotopic (exact) mass is 207 g/mol. The van der Waals surface area contributed by atoms with Crippen LogP contribution in [0, 0.1) is 35.8 Å². The van der Waals surface area contributed by atoms with Gasteiger partial charge in [0.25, 0.3) is 0 Å². The molecule has 14 heavy (non-hydrogen) atoms. The van der Waals surface area contributed by atoms with Crippen LogP contribution in [0.2, 0.25) is 0 Å². The molecule has 0 saturated heterocycles. The molecule has 0 bridgehead atoms. The standard InChI is InChI=1S/C5H9N3O6/c1-5(2,3-6(9)10)4(7(11)12)8(13)14/h4H,3H2,1-2H3. The molecule has 0 radical (unpaired) electrons. The zero-order chi connectivity index (χ0) is 11.5. The van der Waals surface area contributed by atoms with Crippen molar-refractivity contribution in [2.45, 2.75) is 20.0 Å². The third kappa shape index (κ3) is 2.92. The first kappa shape index (κ1) is 12.2. The van der Waals surface area contributed by atoms with Gasteiger partial charge in [-0.2, -0.15) is 0 Å². The first-order valence-corrected chi connectivity index (χ1v) is 3.57. The molecule has 0 amide bonds. The molecule has 0 N–H and O–H groups in total. The molecular formula is C5H9N3O6. The summed E-state index contributed by atoms with van der Waals surface area (Å²) in [6.07, 6.45) is -2.16. The number of nitrogens with zero attached hydrogens (tertiary/aromatic N) is 3. The lowest BCUT2D eigenvalue weighted by molar-refractivity contribution is -0.764. The van der Waals surface area contributed by atoms with Gasteiger partial charge in [0.15, 0.2) is 5.41 Å². The van der Waals surface area contributed by atoms with E-state index in [0.717, 1.165) is 13.8 Å². The number of nitro groups is 3. The summed E-state index contributed by atoms with van der Waals surface area (Å²) in [4.78, 5) is 27.7. The van der Waals surface area contributed by atoms with Gasteiger partial charge in [0.05, 0.1) is 9.85 Å². The molecule has 0 saturated carbocycles. The minimum atomic E-state index is -2.16. The summed E-state index contributed by atoms with van der Waals surface area (Å²) in [5.41, 5.74) is -1.61. The molecule has 0 aromatic heterocycles. The SMILES string of the molecule is CC(C)(C[N+](=O)[O-])C([N+](=O)[O-])[N+](=O)[O-]. The molecule has 0 aliphatic carbocycles. The fraction of sp³-hybridized carbons (Fsp3) is 1.00. The summed E-state index contributed by atoms with van der Waals surface area (Å²) in [5.74, 6) is 0. The molecule has 0 aromatic rings. The molecule has 0 rings (SSSR count). The average Bonchev–Trinajstić information content (AvgIpc) is 1.77. The van der Waals surface area contributed by atoms with Gasteiger partial charge in [-0.1, -0.05) is 0 Å². The Morgan fingerprint density at radius 3 is 1.64 bits per heavy atom. The highest BCUT2D eigenvalue weighted by Crippen LogP contribution is 2.23. The molecule has 9 heteroatoms. The van der Waals surface area contributed by atoms with Crippen molar-refractivity contribution in [2.75, 3.05) is 6.54 Å². The van der Waals surface area contributed by atoms with E-state index in [2.05, 4.69) is 0 Å². The molecule has 0 fully saturated rings. The van der Waals surface area contributed by atoms with Crippen LogP contribution in [-0.4, -0.2) is 27.5 Å². The number of hydrogen-bond acceptors (Lipinski definition) is 6. The van der Waals surface area contributed by atoms with Crippen LogP contribution < -0.4 is 0 Å². The third-order valence-electron chi connectivity index (χ3n) is 1.63. The summed E-state index contributed by atoms with van der Waals surface area (Å²) in [7, 11) is 0. The largest absolute Gasteiger partial charge is 0.461 e. The Kier molecular flexibility index (Phi) is 3.43. The maximum absolute atomic E-state index is 10.3. The Bertz CT molecular complexity index is 261. The predicted octanol–water partition coefficient (Wildman–Crippen LogP) is 0.169. The smallest absolute Gasteiger partial charge is 0.265 e. The first-order chi connectivity index (χ1) is 6.18. The Hall–Kier alpha value is -1.80. The van der Waals surface area contributed by atoms with Crippen molar-refractivity contribution >= 4 is 0 Å². The van der Waals surface area contributed by atoms with Gasteiger partial charge in [-0.25, -0.2) is 0 Å². The molecule has 80 valence electrons. The van der Waals surface area contributed by atoms with Crippen molar-refractivity contribution in [3.05, 3.63) is 30.3 Å². The minimum Gasteiger partial charge on any atom is -0.265 e. The van der Waals surface area contributed by atoms with E-state index in [4.69, 9.17) is 0 Å². The molecule has 9 nitrogen and oxygen atoms in total. The minimum absolute atomic E-state index is 0.806. The van der Waals surface area contributed by atoms with Gasteiger partial charge in [0.1, 0.15) is 0 Å². The number of hydrogen-bond donors (Lipinski definition) is 0. The van der Waals surface area contributed by atoms with Crippen molar-refractivity contribution in [2.24, 2.45) is 5.41 Å². The Balaban J connectivity index is 4.89. The van der Waals surface area contributed by atoms with E-state index in [1.807, 2.05) is 0 Å². The predicted molar refractivity (Wildman–Crippen MR) is 43.4 cm³/mol. The highest BCUT2D eigenvalue weighted by atomic mass is 16.7. The van der Waals surface area contributed by atoms with Crippen molar-refractivity contribution in [1.29, 1.82) is 0 Å². The molecule has 0 aromatic carbocycles. The Labute approximate surface area is 78.2 Å². The third-order valence-corrected chi connectivity index (χ3v) is 1.63. The molecule has 0 atom stereocenters. The van der Waals surface area contributed by atoms with Crippen LogP contribution in [0.1, 0.15) is 13.8 Å². The summed E-state index contributed by atoms with van der Waals surface area (Å²) in [6, 6.07) is 0. The lowest BCUT2D eigenvalue weighted by Crippen LogP contribution is -2.46. The highest BCUT2D eigenvalue weighted by Gasteiger charge is 2.52. The zero-order valence-corrected chi connectivity index (χ0v) is 7.58. The van der Waals surface area contributed by atoms with E-state index in [-0.39, 0.29) is 0 Å². The first-order valence-electron chi connectivity index (χ1n) is 3.57. The van der Waals surface area contributed by atoms with Crippen LogP contribution in [-0.2, 0) is 0 Å². The molecule has 0 unspecified atom stereocenters. The molecule has 0 aliphatic rings. The maximum Gasteiger partial charge on any atom is 0.461 e. The lowest BCUT2D eigenvalue weighted by Gasteiger charge is -2.16. The van der Waals surface area contributed by atoms with Gasteiger partial charge >= 0.3 is 6.17 Å². The second-order valence-corrected chi connectivity index (χ2v) is 3.42. The van der Waals surface area contributed by atoms with E-state index in [9.17, 15) is 30.3 Å². The van der Waals surface area contributed by atoms with Crippen LogP contribution >= 0.6 is 0 Å². The van der Waals surface area contributed by atoms with E-state index < -0.39 is 32.9 Å². The van der Waals surface area contributed by atoms with E-state index in [1.165, 1.54) is 0 Å². The van der Waals surface area contributed by atoms with Crippen LogP contribution in [0.15, 0.2) is 0 Å². The second-order valence-electron chi connectivity index (χ2n) is 3.42. The summed E-state index contributed by atoms with van der Waals surface area (Å²) in [6.45, 7) is 1.41. The molecule has 0 heterocycles. The van der Waals surface area contributed by atoms with Crippen molar-refractivity contribution in [3.8, 4) is 0 Å². The highest BCUT2D eigenvalue weighted by molar-refractivity contribution is 4.70. The average molecular weight is 207 g/mol. The normalized spacial score (nSPS) is 11.4. The van der Waals surface area contributed by atoms with Crippen molar-refractivity contribution in [3.63, 3.8) is 0 Å². The molecular weight excluding hydrogens is 198 g/mol. The summed E-state index contributed by atoms with van der Waals surface area (Å²) >= 11 is 0. The second kappa shape index (κ2) is 3.94. The van der Waals surface area contributed by atoms with Crippen LogP contribution in [0.3, 0.4) is 0 Å². The van der Waals surface area contributed by atoms with Gasteiger partial charge in [-0.05, 0) is 13.8 Å². The van der Waals surface area contributed by atoms with Crippen LogP contribution in [0.5, 0.6) is 0 Å². The maximum atomic E-state index is 10.3. The van der Waals surface area contributed by atoms with Gasteiger partial charge in [0.2, 0.25) is 6.54 Å². The van der Waals surface area contributed by atoms with Gasteiger partial charge < -0.3 is 0 Å². The van der Waals surface area contributed by atoms with Gasteiger partial charge in [0, 0.05) is 4.92 Å². The van der Waals surface area contributed by atoms with Crippen LogP contribution in [0.25, 0.3) is 0 Å². The van der Waals surface area contributed by atoms with E-state index in [1.54, 1.807) is 0 Å².